The molecule has 1 fully saturated rings. The first-order valence-corrected chi connectivity index (χ1v) is 8.06. The molecule has 102 valence electrons. The van der Waals surface area contributed by atoms with Crippen LogP contribution in [-0.4, -0.2) is 37.8 Å². The van der Waals surface area contributed by atoms with E-state index in [1.807, 2.05) is 6.07 Å². The molecule has 1 amide bonds. The van der Waals surface area contributed by atoms with Gasteiger partial charge in [0, 0.05) is 13.1 Å². The van der Waals surface area contributed by atoms with Gasteiger partial charge in [-0.25, -0.2) is 8.42 Å². The number of nitriles is 1. The Labute approximate surface area is 115 Å². The van der Waals surface area contributed by atoms with Crippen molar-refractivity contribution in [2.24, 2.45) is 0 Å². The molecule has 1 aliphatic rings. The molecule has 1 aromatic heterocycles. The van der Waals surface area contributed by atoms with E-state index >= 15 is 0 Å². The Kier molecular flexibility index (Phi) is 3.89. The molecule has 1 aliphatic heterocycles. The lowest BCUT2D eigenvalue weighted by Gasteiger charge is -2.32. The van der Waals surface area contributed by atoms with Gasteiger partial charge in [-0.05, 0) is 18.6 Å². The summed E-state index contributed by atoms with van der Waals surface area (Å²) >= 11 is 0.925. The topological polar surface area (TPSA) is 90.3 Å². The van der Waals surface area contributed by atoms with Gasteiger partial charge in [0.15, 0.2) is 0 Å². The van der Waals surface area contributed by atoms with Gasteiger partial charge >= 0.3 is 0 Å². The maximum Gasteiger partial charge on any atom is 0.253 e. The minimum Gasteiger partial charge on any atom is -0.353 e. The Morgan fingerprint density at radius 2 is 2.32 bits per heavy atom. The third-order valence-corrected chi connectivity index (χ3v) is 6.29. The molecular formula is C11H13N3O3S2. The van der Waals surface area contributed by atoms with E-state index < -0.39 is 16.1 Å². The summed E-state index contributed by atoms with van der Waals surface area (Å²) in [5.74, 6) is -0.269. The smallest absolute Gasteiger partial charge is 0.253 e. The third kappa shape index (κ3) is 2.49. The van der Waals surface area contributed by atoms with Crippen molar-refractivity contribution in [3.63, 3.8) is 0 Å². The first kappa shape index (κ1) is 14.0. The Morgan fingerprint density at radius 3 is 2.89 bits per heavy atom. The summed E-state index contributed by atoms with van der Waals surface area (Å²) in [4.78, 5) is 12.0. The van der Waals surface area contributed by atoms with Crippen LogP contribution in [0.5, 0.6) is 0 Å². The second kappa shape index (κ2) is 5.28. The van der Waals surface area contributed by atoms with Crippen LogP contribution >= 0.6 is 11.3 Å². The zero-order valence-corrected chi connectivity index (χ0v) is 11.9. The van der Waals surface area contributed by atoms with E-state index in [0.29, 0.717) is 17.8 Å². The van der Waals surface area contributed by atoms with Gasteiger partial charge in [-0.3, -0.25) is 4.79 Å². The van der Waals surface area contributed by atoms with Crippen LogP contribution in [0.1, 0.15) is 18.2 Å². The highest BCUT2D eigenvalue weighted by molar-refractivity contribution is 7.91. The van der Waals surface area contributed by atoms with Crippen LogP contribution in [0, 0.1) is 11.3 Å². The Hall–Kier alpha value is -1.43. The molecule has 0 radical (unpaired) electrons. The molecule has 0 aliphatic carbocycles. The molecule has 0 saturated carbocycles. The molecule has 1 aromatic rings. The second-order valence-electron chi connectivity index (χ2n) is 4.06. The van der Waals surface area contributed by atoms with Crippen molar-refractivity contribution in [2.45, 2.75) is 23.6 Å². The van der Waals surface area contributed by atoms with Gasteiger partial charge < -0.3 is 5.32 Å². The zero-order valence-electron chi connectivity index (χ0n) is 10.3. The monoisotopic (exact) mass is 299 g/mol. The molecule has 0 bridgehead atoms. The van der Waals surface area contributed by atoms with Gasteiger partial charge in [-0.15, -0.1) is 11.3 Å². The van der Waals surface area contributed by atoms with Crippen LogP contribution in [0.4, 0.5) is 0 Å². The summed E-state index contributed by atoms with van der Waals surface area (Å²) in [6.45, 7) is 2.34. The Balaban J connectivity index is 2.38. The number of thiophene rings is 1. The van der Waals surface area contributed by atoms with E-state index in [4.69, 9.17) is 5.26 Å². The predicted octanol–water partition coefficient (Wildman–Crippen LogP) is 0.519. The number of amides is 1. The maximum atomic E-state index is 12.5. The van der Waals surface area contributed by atoms with Gasteiger partial charge in [0.05, 0.1) is 0 Å². The largest absolute Gasteiger partial charge is 0.353 e. The summed E-state index contributed by atoms with van der Waals surface area (Å²) in [5, 5.41) is 11.4. The number of piperazine rings is 1. The zero-order chi connectivity index (χ0) is 14.0. The molecule has 2 heterocycles. The van der Waals surface area contributed by atoms with Crippen molar-refractivity contribution in [2.75, 3.05) is 13.1 Å². The summed E-state index contributed by atoms with van der Waals surface area (Å²) in [7, 11) is -3.71. The van der Waals surface area contributed by atoms with Gasteiger partial charge in [-0.2, -0.15) is 9.57 Å². The molecular weight excluding hydrogens is 286 g/mol. The number of hydrogen-bond acceptors (Lipinski definition) is 5. The van der Waals surface area contributed by atoms with Crippen molar-refractivity contribution in [3.05, 3.63) is 17.0 Å². The average Bonchev–Trinajstić information content (AvgIpc) is 2.87. The normalized spacial score (nSPS) is 20.8. The van der Waals surface area contributed by atoms with E-state index in [2.05, 4.69) is 5.32 Å². The Morgan fingerprint density at radius 1 is 1.58 bits per heavy atom. The second-order valence-corrected chi connectivity index (χ2v) is 7.26. The number of nitrogens with one attached hydrogen (secondary N) is 1. The number of hydrogen-bond donors (Lipinski definition) is 1. The summed E-state index contributed by atoms with van der Waals surface area (Å²) in [5.41, 5.74) is 0. The average molecular weight is 299 g/mol. The van der Waals surface area contributed by atoms with Crippen LogP contribution in [0.3, 0.4) is 0 Å². The predicted molar refractivity (Wildman–Crippen MR) is 70.0 cm³/mol. The lowest BCUT2D eigenvalue weighted by atomic mass is 10.2. The maximum absolute atomic E-state index is 12.5. The molecule has 0 spiro atoms. The molecule has 6 nitrogen and oxygen atoms in total. The summed E-state index contributed by atoms with van der Waals surface area (Å²) < 4.78 is 26.3. The number of sulfonamides is 1. The van der Waals surface area contributed by atoms with Gasteiger partial charge in [0.1, 0.15) is 21.2 Å². The van der Waals surface area contributed by atoms with E-state index in [0.717, 1.165) is 11.3 Å². The van der Waals surface area contributed by atoms with Crippen LogP contribution in [0.15, 0.2) is 16.3 Å². The van der Waals surface area contributed by atoms with Crippen molar-refractivity contribution >= 4 is 27.3 Å². The fraction of sp³-hybridized carbons (Fsp3) is 0.455. The molecule has 1 unspecified atom stereocenters. The molecule has 8 heteroatoms. The summed E-state index contributed by atoms with van der Waals surface area (Å²) in [6, 6.07) is 4.13. The molecule has 1 atom stereocenters. The quantitative estimate of drug-likeness (QED) is 0.881. The fourth-order valence-corrected chi connectivity index (χ4v) is 4.90. The molecule has 0 aromatic carbocycles. The molecule has 2 rings (SSSR count). The minimum atomic E-state index is -3.71. The highest BCUT2D eigenvalue weighted by Gasteiger charge is 2.37. The first-order chi connectivity index (χ1) is 9.00. The van der Waals surface area contributed by atoms with Crippen LogP contribution < -0.4 is 5.32 Å². The molecule has 1 saturated heterocycles. The summed E-state index contributed by atoms with van der Waals surface area (Å²) in [6.07, 6.45) is 0.418. The van der Waals surface area contributed by atoms with Gasteiger partial charge in [-0.1, -0.05) is 6.92 Å². The highest BCUT2D eigenvalue weighted by Crippen LogP contribution is 2.27. The van der Waals surface area contributed by atoms with Crippen LogP contribution in [0.25, 0.3) is 0 Å². The van der Waals surface area contributed by atoms with Crippen LogP contribution in [-0.2, 0) is 14.8 Å². The molecule has 1 N–H and O–H groups in total. The van der Waals surface area contributed by atoms with E-state index in [1.54, 1.807) is 6.92 Å². The SMILES string of the molecule is CCC1C(=O)NCCN1S(=O)(=O)c1ccc(C#N)s1. The number of carbonyl (C=O) groups is 1. The number of carbonyl (C=O) groups excluding carboxylic acids is 1. The van der Waals surface area contributed by atoms with Crippen molar-refractivity contribution < 1.29 is 13.2 Å². The highest BCUT2D eigenvalue weighted by atomic mass is 32.2. The van der Waals surface area contributed by atoms with Crippen molar-refractivity contribution in [1.29, 1.82) is 5.26 Å². The fourth-order valence-electron chi connectivity index (χ4n) is 2.00. The lowest BCUT2D eigenvalue weighted by molar-refractivity contribution is -0.126. The van der Waals surface area contributed by atoms with E-state index in [9.17, 15) is 13.2 Å². The molecule has 19 heavy (non-hydrogen) atoms. The van der Waals surface area contributed by atoms with Gasteiger partial charge in [0.25, 0.3) is 10.0 Å². The van der Waals surface area contributed by atoms with Gasteiger partial charge in [0.2, 0.25) is 5.91 Å². The van der Waals surface area contributed by atoms with E-state index in [1.165, 1.54) is 16.4 Å². The standard InChI is InChI=1S/C11H13N3O3S2/c1-2-9-11(15)13-5-6-14(9)19(16,17)10-4-3-8(7-12)18-10/h3-4,9H,2,5-6H2,1H3,(H,13,15). The minimum absolute atomic E-state index is 0.109. The van der Waals surface area contributed by atoms with E-state index in [-0.39, 0.29) is 16.7 Å². The number of rotatable bonds is 3. The lowest BCUT2D eigenvalue weighted by Crippen LogP contribution is -2.56. The first-order valence-electron chi connectivity index (χ1n) is 5.80. The Bertz CT molecular complexity index is 630. The third-order valence-electron chi connectivity index (χ3n) is 2.92. The number of nitrogens with zero attached hydrogens (tertiary/aromatic N) is 2. The van der Waals surface area contributed by atoms with Crippen LogP contribution in [0.2, 0.25) is 0 Å². The van der Waals surface area contributed by atoms with Crippen molar-refractivity contribution in [1.82, 2.24) is 9.62 Å². The van der Waals surface area contributed by atoms with Crippen molar-refractivity contribution in [3.8, 4) is 6.07 Å².